The van der Waals surface area contributed by atoms with Crippen LogP contribution < -0.4 is 5.73 Å². The Labute approximate surface area is 47.9 Å². The van der Waals surface area contributed by atoms with Crippen molar-refractivity contribution in [3.8, 4) is 6.07 Å². The summed E-state index contributed by atoms with van der Waals surface area (Å²) in [6.45, 7) is 1.58. The van der Waals surface area contributed by atoms with Gasteiger partial charge in [0.15, 0.2) is 0 Å². The molecule has 0 aromatic rings. The lowest BCUT2D eigenvalue weighted by molar-refractivity contribution is 0.678. The molecule has 1 atom stereocenters. The van der Waals surface area contributed by atoms with Crippen LogP contribution in [0.1, 0.15) is 6.92 Å². The first-order valence-electron chi connectivity index (χ1n) is 1.88. The van der Waals surface area contributed by atoms with E-state index in [1.165, 1.54) is 0 Å². The Morgan fingerprint density at radius 2 is 2.43 bits per heavy atom. The number of nitriles is 1. The molecule has 3 heteroatoms. The molecule has 0 aromatic carbocycles. The minimum atomic E-state index is -0.846. The minimum absolute atomic E-state index is 0.184. The molecule has 0 saturated heterocycles. The van der Waals surface area contributed by atoms with Gasteiger partial charge >= 0.3 is 0 Å². The van der Waals surface area contributed by atoms with Gasteiger partial charge in [0.05, 0.1) is 11.9 Å². The maximum Gasteiger partial charge on any atom is 0.115 e. The molecule has 0 bridgehead atoms. The van der Waals surface area contributed by atoms with Crippen LogP contribution in [0.4, 0.5) is 0 Å². The van der Waals surface area contributed by atoms with E-state index < -0.39 is 5.54 Å². The molecule has 2 nitrogen and oxygen atoms in total. The van der Waals surface area contributed by atoms with Gasteiger partial charge in [-0.25, -0.2) is 0 Å². The maximum atomic E-state index is 8.13. The molecule has 1 unspecified atom stereocenters. The first-order valence-corrected chi connectivity index (χ1v) is 2.42. The van der Waals surface area contributed by atoms with Crippen molar-refractivity contribution in [2.24, 2.45) is 5.73 Å². The standard InChI is InChI=1S/C4H7ClN2/c1-4(7,2-5)3-6/h2,7H2,1H3. The molecule has 0 aliphatic rings. The molecule has 0 spiro atoms. The fraction of sp³-hybridized carbons (Fsp3) is 0.750. The van der Waals surface area contributed by atoms with Crippen molar-refractivity contribution >= 4 is 11.6 Å². The minimum Gasteiger partial charge on any atom is -0.313 e. The fourth-order valence-electron chi connectivity index (χ4n) is 0.0299. The summed E-state index contributed by atoms with van der Waals surface area (Å²) in [5, 5.41) is 8.13. The molecule has 0 rings (SSSR count). The third kappa shape index (κ3) is 2.44. The second-order valence-electron chi connectivity index (χ2n) is 1.66. The van der Waals surface area contributed by atoms with Crippen molar-refractivity contribution in [1.82, 2.24) is 0 Å². The first-order chi connectivity index (χ1) is 3.12. The molecule has 0 aliphatic heterocycles. The number of nitrogens with zero attached hydrogens (tertiary/aromatic N) is 1. The van der Waals surface area contributed by atoms with Crippen molar-refractivity contribution in [3.05, 3.63) is 0 Å². The summed E-state index contributed by atoms with van der Waals surface area (Å²) in [6.07, 6.45) is 0. The van der Waals surface area contributed by atoms with E-state index in [-0.39, 0.29) is 5.88 Å². The lowest BCUT2D eigenvalue weighted by atomic mass is 10.1. The summed E-state index contributed by atoms with van der Waals surface area (Å²) in [5.41, 5.74) is 4.38. The average molecular weight is 119 g/mol. The first kappa shape index (κ1) is 6.74. The number of hydrogen-bond acceptors (Lipinski definition) is 2. The molecular formula is C4H7ClN2. The van der Waals surface area contributed by atoms with Gasteiger partial charge in [-0.05, 0) is 6.92 Å². The highest BCUT2D eigenvalue weighted by atomic mass is 35.5. The number of alkyl halides is 1. The Hall–Kier alpha value is -0.260. The van der Waals surface area contributed by atoms with Gasteiger partial charge in [0.25, 0.3) is 0 Å². The molecule has 0 aliphatic carbocycles. The third-order valence-corrected chi connectivity index (χ3v) is 1.09. The van der Waals surface area contributed by atoms with Crippen LogP contribution in [-0.2, 0) is 0 Å². The SMILES string of the molecule is CC(N)(C#N)CCl. The molecule has 7 heavy (non-hydrogen) atoms. The van der Waals surface area contributed by atoms with Crippen molar-refractivity contribution < 1.29 is 0 Å². The number of rotatable bonds is 1. The predicted octanol–water partition coefficient (Wildman–Crippen LogP) is 0.466. The van der Waals surface area contributed by atoms with Gasteiger partial charge in [-0.3, -0.25) is 0 Å². The van der Waals surface area contributed by atoms with Crippen molar-refractivity contribution in [1.29, 1.82) is 5.26 Å². The fourth-order valence-corrected chi connectivity index (χ4v) is 0.0896. The topological polar surface area (TPSA) is 49.8 Å². The average Bonchev–Trinajstić information content (AvgIpc) is 1.68. The van der Waals surface area contributed by atoms with Crippen LogP contribution in [-0.4, -0.2) is 11.4 Å². The van der Waals surface area contributed by atoms with Crippen molar-refractivity contribution in [2.75, 3.05) is 5.88 Å². The molecule has 40 valence electrons. The Balaban J connectivity index is 3.66. The smallest absolute Gasteiger partial charge is 0.115 e. The van der Waals surface area contributed by atoms with Gasteiger partial charge < -0.3 is 5.73 Å². The van der Waals surface area contributed by atoms with Gasteiger partial charge in [-0.2, -0.15) is 5.26 Å². The quantitative estimate of drug-likeness (QED) is 0.509. The van der Waals surface area contributed by atoms with E-state index in [1.807, 2.05) is 6.07 Å². The second-order valence-corrected chi connectivity index (χ2v) is 1.93. The van der Waals surface area contributed by atoms with Crippen molar-refractivity contribution in [2.45, 2.75) is 12.5 Å². The van der Waals surface area contributed by atoms with Crippen LogP contribution in [0.5, 0.6) is 0 Å². The number of halogens is 1. The Morgan fingerprint density at radius 3 is 2.43 bits per heavy atom. The summed E-state index contributed by atoms with van der Waals surface area (Å²) in [5.74, 6) is 0.184. The van der Waals surface area contributed by atoms with E-state index in [1.54, 1.807) is 6.92 Å². The van der Waals surface area contributed by atoms with Crippen molar-refractivity contribution in [3.63, 3.8) is 0 Å². The summed E-state index contributed by atoms with van der Waals surface area (Å²) in [4.78, 5) is 0. The summed E-state index contributed by atoms with van der Waals surface area (Å²) < 4.78 is 0. The highest BCUT2D eigenvalue weighted by Crippen LogP contribution is 1.97. The Kier molecular flexibility index (Phi) is 2.07. The zero-order valence-electron chi connectivity index (χ0n) is 4.11. The van der Waals surface area contributed by atoms with E-state index in [9.17, 15) is 0 Å². The normalized spacial score (nSPS) is 17.4. The molecule has 0 amide bonds. The van der Waals surface area contributed by atoms with Crippen LogP contribution in [0, 0.1) is 11.3 Å². The van der Waals surface area contributed by atoms with E-state index >= 15 is 0 Å². The highest BCUT2D eigenvalue weighted by Gasteiger charge is 2.13. The zero-order chi connectivity index (χ0) is 5.91. The number of nitrogens with two attached hydrogens (primary N) is 1. The summed E-state index contributed by atoms with van der Waals surface area (Å²) in [7, 11) is 0. The van der Waals surface area contributed by atoms with Crippen LogP contribution >= 0.6 is 11.6 Å². The molecule has 0 radical (unpaired) electrons. The van der Waals surface area contributed by atoms with Gasteiger partial charge in [-0.1, -0.05) is 0 Å². The van der Waals surface area contributed by atoms with Gasteiger partial charge in [0.2, 0.25) is 0 Å². The Morgan fingerprint density at radius 1 is 2.00 bits per heavy atom. The number of hydrogen-bond donors (Lipinski definition) is 1. The van der Waals surface area contributed by atoms with Crippen LogP contribution in [0.3, 0.4) is 0 Å². The van der Waals surface area contributed by atoms with E-state index in [0.717, 1.165) is 0 Å². The van der Waals surface area contributed by atoms with Crippen LogP contribution in [0.2, 0.25) is 0 Å². The van der Waals surface area contributed by atoms with Gasteiger partial charge in [0, 0.05) is 0 Å². The lowest BCUT2D eigenvalue weighted by Crippen LogP contribution is -2.35. The van der Waals surface area contributed by atoms with Crippen LogP contribution in [0.15, 0.2) is 0 Å². The summed E-state index contributed by atoms with van der Waals surface area (Å²) in [6, 6.07) is 1.84. The molecule has 0 heterocycles. The molecule has 2 N–H and O–H groups in total. The molecular weight excluding hydrogens is 112 g/mol. The van der Waals surface area contributed by atoms with E-state index in [4.69, 9.17) is 22.6 Å². The maximum absolute atomic E-state index is 8.13. The van der Waals surface area contributed by atoms with E-state index in [0.29, 0.717) is 0 Å². The Bertz CT molecular complexity index is 92.4. The highest BCUT2D eigenvalue weighted by molar-refractivity contribution is 6.18. The largest absolute Gasteiger partial charge is 0.313 e. The van der Waals surface area contributed by atoms with E-state index in [2.05, 4.69) is 0 Å². The van der Waals surface area contributed by atoms with Crippen LogP contribution in [0.25, 0.3) is 0 Å². The predicted molar refractivity (Wildman–Crippen MR) is 28.9 cm³/mol. The van der Waals surface area contributed by atoms with Gasteiger partial charge in [-0.15, -0.1) is 11.6 Å². The zero-order valence-corrected chi connectivity index (χ0v) is 4.87. The van der Waals surface area contributed by atoms with Gasteiger partial charge in [0.1, 0.15) is 5.54 Å². The summed E-state index contributed by atoms with van der Waals surface area (Å²) >= 11 is 5.25. The third-order valence-electron chi connectivity index (χ3n) is 0.533. The second kappa shape index (κ2) is 2.15. The molecule has 0 saturated carbocycles. The molecule has 0 fully saturated rings. The lowest BCUT2D eigenvalue weighted by Gasteiger charge is -2.07. The monoisotopic (exact) mass is 118 g/mol. The molecule has 0 aromatic heterocycles.